The molecule has 102 valence electrons. The lowest BCUT2D eigenvalue weighted by Crippen LogP contribution is -2.40. The van der Waals surface area contributed by atoms with Gasteiger partial charge in [-0.2, -0.15) is 0 Å². The molecular formula is C16H28N2. The molecule has 0 bridgehead atoms. The van der Waals surface area contributed by atoms with E-state index in [1.165, 1.54) is 12.0 Å². The lowest BCUT2D eigenvalue weighted by Gasteiger charge is -2.36. The quantitative estimate of drug-likeness (QED) is 0.801. The van der Waals surface area contributed by atoms with Crippen molar-refractivity contribution in [2.75, 3.05) is 19.6 Å². The van der Waals surface area contributed by atoms with Crippen molar-refractivity contribution in [2.24, 2.45) is 11.1 Å². The molecule has 0 amide bonds. The highest BCUT2D eigenvalue weighted by atomic mass is 15.2. The van der Waals surface area contributed by atoms with Gasteiger partial charge in [0.25, 0.3) is 0 Å². The summed E-state index contributed by atoms with van der Waals surface area (Å²) in [5.41, 5.74) is 7.43. The number of nitrogens with two attached hydrogens (primary N) is 1. The van der Waals surface area contributed by atoms with Crippen molar-refractivity contribution in [1.82, 2.24) is 4.90 Å². The number of hydrogen-bond donors (Lipinski definition) is 1. The molecule has 1 aromatic rings. The summed E-state index contributed by atoms with van der Waals surface area (Å²) in [5, 5.41) is 0. The van der Waals surface area contributed by atoms with Gasteiger partial charge in [0.2, 0.25) is 0 Å². The summed E-state index contributed by atoms with van der Waals surface area (Å²) in [6.07, 6.45) is 1.18. The highest BCUT2D eigenvalue weighted by Gasteiger charge is 2.23. The van der Waals surface area contributed by atoms with E-state index in [-0.39, 0.29) is 5.41 Å². The molecule has 18 heavy (non-hydrogen) atoms. The van der Waals surface area contributed by atoms with Crippen molar-refractivity contribution >= 4 is 0 Å². The first kappa shape index (κ1) is 15.2. The van der Waals surface area contributed by atoms with E-state index in [0.717, 1.165) is 19.6 Å². The molecule has 1 unspecified atom stereocenters. The highest BCUT2D eigenvalue weighted by Crippen LogP contribution is 2.25. The van der Waals surface area contributed by atoms with Gasteiger partial charge in [0.1, 0.15) is 0 Å². The van der Waals surface area contributed by atoms with Crippen LogP contribution in [0.25, 0.3) is 0 Å². The summed E-state index contributed by atoms with van der Waals surface area (Å²) >= 11 is 0. The molecule has 0 saturated carbocycles. The van der Waals surface area contributed by atoms with E-state index in [1.807, 2.05) is 0 Å². The van der Waals surface area contributed by atoms with Crippen molar-refractivity contribution < 1.29 is 0 Å². The van der Waals surface area contributed by atoms with Crippen LogP contribution in [0, 0.1) is 5.41 Å². The molecule has 0 saturated heterocycles. The van der Waals surface area contributed by atoms with Gasteiger partial charge in [-0.15, -0.1) is 0 Å². The maximum atomic E-state index is 5.86. The fourth-order valence-electron chi connectivity index (χ4n) is 2.25. The van der Waals surface area contributed by atoms with Crippen molar-refractivity contribution in [2.45, 2.75) is 40.2 Å². The van der Waals surface area contributed by atoms with Crippen LogP contribution < -0.4 is 5.73 Å². The van der Waals surface area contributed by atoms with E-state index in [2.05, 4.69) is 62.9 Å². The molecule has 0 radical (unpaired) electrons. The minimum Gasteiger partial charge on any atom is -0.330 e. The zero-order chi connectivity index (χ0) is 13.6. The van der Waals surface area contributed by atoms with Gasteiger partial charge in [-0.1, -0.05) is 51.1 Å². The minimum absolute atomic E-state index is 0.179. The van der Waals surface area contributed by atoms with Crippen LogP contribution in [0.5, 0.6) is 0 Å². The van der Waals surface area contributed by atoms with Gasteiger partial charge in [0.15, 0.2) is 0 Å². The van der Waals surface area contributed by atoms with E-state index in [1.54, 1.807) is 0 Å². The Morgan fingerprint density at radius 2 is 1.83 bits per heavy atom. The van der Waals surface area contributed by atoms with Crippen LogP contribution in [0.4, 0.5) is 0 Å². The monoisotopic (exact) mass is 248 g/mol. The zero-order valence-corrected chi connectivity index (χ0v) is 12.3. The molecule has 1 atom stereocenters. The fraction of sp³-hybridized carbons (Fsp3) is 0.625. The SMILES string of the molecule is CCCN(CC(C)(C)CN)C(C)c1ccccc1. The van der Waals surface area contributed by atoms with Crippen molar-refractivity contribution in [3.8, 4) is 0 Å². The zero-order valence-electron chi connectivity index (χ0n) is 12.3. The van der Waals surface area contributed by atoms with Crippen LogP contribution in [-0.2, 0) is 0 Å². The standard InChI is InChI=1S/C16H28N2/c1-5-11-18(13-16(3,4)12-17)14(2)15-9-7-6-8-10-15/h6-10,14H,5,11-13,17H2,1-4H3. The van der Waals surface area contributed by atoms with Crippen LogP contribution >= 0.6 is 0 Å². The van der Waals surface area contributed by atoms with Gasteiger partial charge < -0.3 is 5.73 Å². The third-order valence-corrected chi connectivity index (χ3v) is 3.52. The second kappa shape index (κ2) is 6.91. The summed E-state index contributed by atoms with van der Waals surface area (Å²) in [5.74, 6) is 0. The summed E-state index contributed by atoms with van der Waals surface area (Å²) in [6.45, 7) is 11.9. The minimum atomic E-state index is 0.179. The molecule has 1 aromatic carbocycles. The average Bonchev–Trinajstić information content (AvgIpc) is 2.38. The summed E-state index contributed by atoms with van der Waals surface area (Å²) in [7, 11) is 0. The third-order valence-electron chi connectivity index (χ3n) is 3.52. The van der Waals surface area contributed by atoms with Crippen LogP contribution in [0.2, 0.25) is 0 Å². The number of rotatable bonds is 7. The smallest absolute Gasteiger partial charge is 0.0320 e. The van der Waals surface area contributed by atoms with E-state index < -0.39 is 0 Å². The molecule has 0 spiro atoms. The van der Waals surface area contributed by atoms with Gasteiger partial charge in [-0.05, 0) is 37.4 Å². The molecule has 0 heterocycles. The summed E-state index contributed by atoms with van der Waals surface area (Å²) in [4.78, 5) is 2.54. The second-order valence-corrected chi connectivity index (χ2v) is 5.93. The van der Waals surface area contributed by atoms with E-state index >= 15 is 0 Å². The Labute approximate surface area is 112 Å². The third kappa shape index (κ3) is 4.43. The summed E-state index contributed by atoms with van der Waals surface area (Å²) < 4.78 is 0. The molecule has 0 aliphatic rings. The molecule has 1 rings (SSSR count). The normalized spacial score (nSPS) is 13.9. The molecule has 0 aliphatic carbocycles. The van der Waals surface area contributed by atoms with Gasteiger partial charge in [0.05, 0.1) is 0 Å². The molecule has 2 N–H and O–H groups in total. The maximum Gasteiger partial charge on any atom is 0.0320 e. The molecule has 0 aromatic heterocycles. The predicted molar refractivity (Wildman–Crippen MR) is 79.6 cm³/mol. The lowest BCUT2D eigenvalue weighted by atomic mass is 9.91. The largest absolute Gasteiger partial charge is 0.330 e. The van der Waals surface area contributed by atoms with Crippen LogP contribution in [0.3, 0.4) is 0 Å². The summed E-state index contributed by atoms with van der Waals surface area (Å²) in [6, 6.07) is 11.2. The predicted octanol–water partition coefficient (Wildman–Crippen LogP) is 3.44. The van der Waals surface area contributed by atoms with Gasteiger partial charge in [-0.3, -0.25) is 4.90 Å². The van der Waals surface area contributed by atoms with Crippen LogP contribution in [-0.4, -0.2) is 24.5 Å². The Balaban J connectivity index is 2.78. The lowest BCUT2D eigenvalue weighted by molar-refractivity contribution is 0.140. The first-order valence-electron chi connectivity index (χ1n) is 6.99. The van der Waals surface area contributed by atoms with E-state index in [0.29, 0.717) is 6.04 Å². The number of benzene rings is 1. The van der Waals surface area contributed by atoms with E-state index in [9.17, 15) is 0 Å². The number of nitrogens with zero attached hydrogens (tertiary/aromatic N) is 1. The van der Waals surface area contributed by atoms with Crippen molar-refractivity contribution in [3.05, 3.63) is 35.9 Å². The first-order chi connectivity index (χ1) is 8.50. The van der Waals surface area contributed by atoms with Gasteiger partial charge in [-0.25, -0.2) is 0 Å². The topological polar surface area (TPSA) is 29.3 Å². The number of hydrogen-bond acceptors (Lipinski definition) is 2. The maximum absolute atomic E-state index is 5.86. The van der Waals surface area contributed by atoms with Crippen LogP contribution in [0.1, 0.15) is 45.7 Å². The van der Waals surface area contributed by atoms with Crippen molar-refractivity contribution in [1.29, 1.82) is 0 Å². The van der Waals surface area contributed by atoms with Crippen molar-refractivity contribution in [3.63, 3.8) is 0 Å². The Morgan fingerprint density at radius 3 is 2.33 bits per heavy atom. The second-order valence-electron chi connectivity index (χ2n) is 5.93. The highest BCUT2D eigenvalue weighted by molar-refractivity contribution is 5.18. The van der Waals surface area contributed by atoms with E-state index in [4.69, 9.17) is 5.73 Å². The molecule has 2 nitrogen and oxygen atoms in total. The van der Waals surface area contributed by atoms with Crippen LogP contribution in [0.15, 0.2) is 30.3 Å². The molecule has 2 heteroatoms. The molecule has 0 aliphatic heterocycles. The Bertz CT molecular complexity index is 332. The first-order valence-corrected chi connectivity index (χ1v) is 6.99. The van der Waals surface area contributed by atoms with Gasteiger partial charge >= 0.3 is 0 Å². The Hall–Kier alpha value is -0.860. The average molecular weight is 248 g/mol. The molecular weight excluding hydrogens is 220 g/mol. The Morgan fingerprint density at radius 1 is 1.22 bits per heavy atom. The fourth-order valence-corrected chi connectivity index (χ4v) is 2.25. The van der Waals surface area contributed by atoms with Gasteiger partial charge in [0, 0.05) is 12.6 Å². The molecule has 0 fully saturated rings. The Kier molecular flexibility index (Phi) is 5.83.